The van der Waals surface area contributed by atoms with E-state index in [4.69, 9.17) is 14.2 Å². The van der Waals surface area contributed by atoms with E-state index in [0.717, 1.165) is 37.0 Å². The zero-order valence-electron chi connectivity index (χ0n) is 11.7. The first-order chi connectivity index (χ1) is 9.72. The van der Waals surface area contributed by atoms with Crippen LogP contribution in [0.15, 0.2) is 24.3 Å². The predicted molar refractivity (Wildman–Crippen MR) is 73.4 cm³/mol. The van der Waals surface area contributed by atoms with E-state index in [1.165, 1.54) is 0 Å². The molecule has 1 saturated carbocycles. The second-order valence-corrected chi connectivity index (χ2v) is 5.53. The van der Waals surface area contributed by atoms with E-state index in [9.17, 15) is 5.26 Å². The van der Waals surface area contributed by atoms with Crippen molar-refractivity contribution in [1.82, 2.24) is 0 Å². The molecule has 0 radical (unpaired) electrons. The van der Waals surface area contributed by atoms with E-state index in [2.05, 4.69) is 6.07 Å². The number of benzene rings is 1. The lowest BCUT2D eigenvalue weighted by Gasteiger charge is -2.40. The summed E-state index contributed by atoms with van der Waals surface area (Å²) in [5, 5.41) is 9.72. The predicted octanol–water partition coefficient (Wildman–Crippen LogP) is 2.77. The average molecular weight is 273 g/mol. The lowest BCUT2D eigenvalue weighted by atomic mass is 9.68. The molecule has 2 aliphatic rings. The van der Waals surface area contributed by atoms with Crippen molar-refractivity contribution in [3.05, 3.63) is 29.8 Å². The van der Waals surface area contributed by atoms with Crippen molar-refractivity contribution in [2.24, 2.45) is 0 Å². The first-order valence-corrected chi connectivity index (χ1v) is 7.06. The van der Waals surface area contributed by atoms with Crippen molar-refractivity contribution < 1.29 is 14.2 Å². The molecule has 106 valence electrons. The number of nitrogens with zero attached hydrogens (tertiary/aromatic N) is 1. The first kappa shape index (κ1) is 13.4. The lowest BCUT2D eigenvalue weighted by molar-refractivity contribution is -0.182. The molecule has 0 unspecified atom stereocenters. The SMILES string of the molecule is COc1cccc(C2(C#N)CCC3(CC2)OCCO3)c1. The highest BCUT2D eigenvalue weighted by Crippen LogP contribution is 2.46. The molecule has 0 atom stereocenters. The summed E-state index contributed by atoms with van der Waals surface area (Å²) in [5.41, 5.74) is 0.585. The van der Waals surface area contributed by atoms with Gasteiger partial charge in [-0.25, -0.2) is 0 Å². The fourth-order valence-electron chi connectivity index (χ4n) is 3.23. The van der Waals surface area contributed by atoms with Crippen LogP contribution in [0.1, 0.15) is 31.2 Å². The minimum atomic E-state index is -0.449. The largest absolute Gasteiger partial charge is 0.497 e. The third-order valence-electron chi connectivity index (χ3n) is 4.52. The van der Waals surface area contributed by atoms with Crippen LogP contribution in [0.3, 0.4) is 0 Å². The molecule has 1 aromatic rings. The maximum Gasteiger partial charge on any atom is 0.168 e. The Hall–Kier alpha value is -1.57. The summed E-state index contributed by atoms with van der Waals surface area (Å²) >= 11 is 0. The molecule has 0 aromatic heterocycles. The van der Waals surface area contributed by atoms with Crippen molar-refractivity contribution in [3.63, 3.8) is 0 Å². The molecule has 3 rings (SSSR count). The van der Waals surface area contributed by atoms with E-state index in [-0.39, 0.29) is 0 Å². The van der Waals surface area contributed by atoms with Crippen molar-refractivity contribution >= 4 is 0 Å². The van der Waals surface area contributed by atoms with Gasteiger partial charge in [-0.1, -0.05) is 12.1 Å². The Morgan fingerprint density at radius 2 is 1.85 bits per heavy atom. The molecule has 0 bridgehead atoms. The van der Waals surface area contributed by atoms with Crippen LogP contribution in [0.2, 0.25) is 0 Å². The van der Waals surface area contributed by atoms with Gasteiger partial charge in [0.2, 0.25) is 0 Å². The highest BCUT2D eigenvalue weighted by Gasteiger charge is 2.47. The van der Waals surface area contributed by atoms with Gasteiger partial charge in [0.05, 0.1) is 31.8 Å². The monoisotopic (exact) mass is 273 g/mol. The Bertz CT molecular complexity index is 519. The fourth-order valence-corrected chi connectivity index (χ4v) is 3.23. The quantitative estimate of drug-likeness (QED) is 0.831. The fraction of sp³-hybridized carbons (Fsp3) is 0.562. The third-order valence-corrected chi connectivity index (χ3v) is 4.52. The molecule has 1 heterocycles. The highest BCUT2D eigenvalue weighted by molar-refractivity contribution is 5.38. The molecule has 0 amide bonds. The maximum atomic E-state index is 9.72. The van der Waals surface area contributed by atoms with Crippen LogP contribution in [0.5, 0.6) is 5.75 Å². The van der Waals surface area contributed by atoms with Crippen LogP contribution >= 0.6 is 0 Å². The van der Waals surface area contributed by atoms with E-state index >= 15 is 0 Å². The van der Waals surface area contributed by atoms with Crippen LogP contribution in [0, 0.1) is 11.3 Å². The Kier molecular flexibility index (Phi) is 3.41. The van der Waals surface area contributed by atoms with Crippen molar-refractivity contribution in [3.8, 4) is 11.8 Å². The zero-order valence-corrected chi connectivity index (χ0v) is 11.7. The summed E-state index contributed by atoms with van der Waals surface area (Å²) in [7, 11) is 1.65. The summed E-state index contributed by atoms with van der Waals surface area (Å²) in [5.74, 6) is 0.366. The number of methoxy groups -OCH3 is 1. The Balaban J connectivity index is 1.84. The molecular formula is C16H19NO3. The topological polar surface area (TPSA) is 51.5 Å². The second-order valence-electron chi connectivity index (χ2n) is 5.53. The van der Waals surface area contributed by atoms with Crippen molar-refractivity contribution in [2.75, 3.05) is 20.3 Å². The maximum absolute atomic E-state index is 9.72. The summed E-state index contributed by atoms with van der Waals surface area (Å²) in [4.78, 5) is 0. The molecule has 20 heavy (non-hydrogen) atoms. The molecule has 1 aliphatic heterocycles. The summed E-state index contributed by atoms with van der Waals surface area (Å²) < 4.78 is 16.8. The van der Waals surface area contributed by atoms with Crippen LogP contribution in [-0.4, -0.2) is 26.1 Å². The average Bonchev–Trinajstić information content (AvgIpc) is 2.97. The summed E-state index contributed by atoms with van der Waals surface area (Å²) in [6.07, 6.45) is 3.07. The van der Waals surface area contributed by atoms with Gasteiger partial charge >= 0.3 is 0 Å². The van der Waals surface area contributed by atoms with Crippen molar-refractivity contribution in [1.29, 1.82) is 5.26 Å². The Morgan fingerprint density at radius 1 is 1.15 bits per heavy atom. The van der Waals surface area contributed by atoms with Gasteiger partial charge in [-0.05, 0) is 30.5 Å². The molecule has 1 spiro atoms. The smallest absolute Gasteiger partial charge is 0.168 e. The zero-order chi connectivity index (χ0) is 14.1. The van der Waals surface area contributed by atoms with Gasteiger partial charge in [-0.3, -0.25) is 0 Å². The molecular weight excluding hydrogens is 254 g/mol. The normalized spacial score (nSPS) is 23.4. The van der Waals surface area contributed by atoms with Crippen LogP contribution in [0.4, 0.5) is 0 Å². The first-order valence-electron chi connectivity index (χ1n) is 7.06. The van der Waals surface area contributed by atoms with Gasteiger partial charge in [-0.15, -0.1) is 0 Å². The lowest BCUT2D eigenvalue weighted by Crippen LogP contribution is -2.41. The van der Waals surface area contributed by atoms with Crippen LogP contribution < -0.4 is 4.74 Å². The molecule has 0 N–H and O–H groups in total. The van der Waals surface area contributed by atoms with Gasteiger partial charge in [0, 0.05) is 12.8 Å². The van der Waals surface area contributed by atoms with E-state index in [1.807, 2.05) is 24.3 Å². The standard InChI is InChI=1S/C16H19NO3/c1-18-14-4-2-3-13(11-14)15(12-17)5-7-16(8-6-15)19-9-10-20-16/h2-4,11H,5-10H2,1H3. The number of hydrogen-bond donors (Lipinski definition) is 0. The van der Waals surface area contributed by atoms with Gasteiger partial charge in [0.15, 0.2) is 5.79 Å². The molecule has 4 nitrogen and oxygen atoms in total. The van der Waals surface area contributed by atoms with Crippen molar-refractivity contribution in [2.45, 2.75) is 36.9 Å². The minimum Gasteiger partial charge on any atom is -0.497 e. The second kappa shape index (κ2) is 5.08. The molecule has 1 saturated heterocycles. The minimum absolute atomic E-state index is 0.431. The Morgan fingerprint density at radius 3 is 2.45 bits per heavy atom. The van der Waals surface area contributed by atoms with Gasteiger partial charge < -0.3 is 14.2 Å². The van der Waals surface area contributed by atoms with Crippen LogP contribution in [0.25, 0.3) is 0 Å². The van der Waals surface area contributed by atoms with E-state index < -0.39 is 11.2 Å². The number of ether oxygens (including phenoxy) is 3. The molecule has 1 aromatic carbocycles. The molecule has 2 fully saturated rings. The Labute approximate surface area is 119 Å². The van der Waals surface area contributed by atoms with Crippen LogP contribution in [-0.2, 0) is 14.9 Å². The number of nitriles is 1. The van der Waals surface area contributed by atoms with E-state index in [0.29, 0.717) is 13.2 Å². The van der Waals surface area contributed by atoms with E-state index in [1.54, 1.807) is 7.11 Å². The van der Waals surface area contributed by atoms with Gasteiger partial charge in [0.25, 0.3) is 0 Å². The highest BCUT2D eigenvalue weighted by atomic mass is 16.7. The number of rotatable bonds is 2. The summed E-state index contributed by atoms with van der Waals surface area (Å²) in [6, 6.07) is 10.4. The summed E-state index contributed by atoms with van der Waals surface area (Å²) in [6.45, 7) is 1.33. The molecule has 4 heteroatoms. The van der Waals surface area contributed by atoms with Gasteiger partial charge in [0.1, 0.15) is 5.75 Å². The van der Waals surface area contributed by atoms with Gasteiger partial charge in [-0.2, -0.15) is 5.26 Å². The molecule has 1 aliphatic carbocycles. The third kappa shape index (κ3) is 2.17. The number of hydrogen-bond acceptors (Lipinski definition) is 4.